The molecule has 0 unspecified atom stereocenters. The van der Waals surface area contributed by atoms with E-state index in [2.05, 4.69) is 5.10 Å². The van der Waals surface area contributed by atoms with E-state index < -0.39 is 5.97 Å². The van der Waals surface area contributed by atoms with Crippen LogP contribution in [0.3, 0.4) is 0 Å². The lowest BCUT2D eigenvalue weighted by Crippen LogP contribution is -2.15. The zero-order valence-electron chi connectivity index (χ0n) is 7.72. The molecule has 0 aliphatic carbocycles. The zero-order chi connectivity index (χ0) is 9.97. The van der Waals surface area contributed by atoms with Gasteiger partial charge in [0.25, 0.3) is 0 Å². The van der Waals surface area contributed by atoms with Gasteiger partial charge in [0.1, 0.15) is 0 Å². The second kappa shape index (κ2) is 3.79. The Morgan fingerprint density at radius 3 is 3.21 bits per heavy atom. The SMILES string of the molecule is O=C(O)c1cnn(C[C@@H]2CCCO2)c1. The molecule has 0 aromatic carbocycles. The third-order valence-corrected chi connectivity index (χ3v) is 2.29. The molecule has 1 fully saturated rings. The van der Waals surface area contributed by atoms with Gasteiger partial charge in [-0.25, -0.2) is 4.79 Å². The third kappa shape index (κ3) is 1.93. The van der Waals surface area contributed by atoms with Crippen molar-refractivity contribution < 1.29 is 14.6 Å². The van der Waals surface area contributed by atoms with Crippen LogP contribution in [-0.2, 0) is 11.3 Å². The summed E-state index contributed by atoms with van der Waals surface area (Å²) in [5.74, 6) is -0.941. The van der Waals surface area contributed by atoms with E-state index in [1.54, 1.807) is 4.68 Å². The number of carbonyl (C=O) groups is 1. The number of ether oxygens (including phenoxy) is 1. The molecule has 0 saturated carbocycles. The molecule has 2 heterocycles. The van der Waals surface area contributed by atoms with Crippen LogP contribution in [-0.4, -0.2) is 33.6 Å². The lowest BCUT2D eigenvalue weighted by atomic mass is 10.2. The van der Waals surface area contributed by atoms with Gasteiger partial charge in [-0.15, -0.1) is 0 Å². The van der Waals surface area contributed by atoms with Crippen LogP contribution in [0.5, 0.6) is 0 Å². The summed E-state index contributed by atoms with van der Waals surface area (Å²) in [6.07, 6.45) is 5.19. The van der Waals surface area contributed by atoms with Crippen molar-refractivity contribution in [3.05, 3.63) is 18.0 Å². The molecule has 1 aliphatic heterocycles. The van der Waals surface area contributed by atoms with Gasteiger partial charge in [0.05, 0.1) is 24.4 Å². The molecular weight excluding hydrogens is 184 g/mol. The Bertz CT molecular complexity index is 329. The van der Waals surface area contributed by atoms with E-state index in [-0.39, 0.29) is 11.7 Å². The number of carboxylic acids is 1. The van der Waals surface area contributed by atoms with Crippen LogP contribution in [0.1, 0.15) is 23.2 Å². The topological polar surface area (TPSA) is 64.3 Å². The van der Waals surface area contributed by atoms with Gasteiger partial charge in [-0.3, -0.25) is 4.68 Å². The van der Waals surface area contributed by atoms with Gasteiger partial charge in [0.15, 0.2) is 0 Å². The van der Waals surface area contributed by atoms with Crippen molar-refractivity contribution in [2.75, 3.05) is 6.61 Å². The summed E-state index contributed by atoms with van der Waals surface area (Å²) in [5, 5.41) is 12.6. The Balaban J connectivity index is 1.98. The fourth-order valence-corrected chi connectivity index (χ4v) is 1.57. The number of hydrogen-bond acceptors (Lipinski definition) is 3. The number of aromatic nitrogens is 2. The van der Waals surface area contributed by atoms with Crippen LogP contribution in [0.25, 0.3) is 0 Å². The van der Waals surface area contributed by atoms with Crippen molar-refractivity contribution in [3.8, 4) is 0 Å². The zero-order valence-corrected chi connectivity index (χ0v) is 7.72. The molecular formula is C9H12N2O3. The molecule has 14 heavy (non-hydrogen) atoms. The van der Waals surface area contributed by atoms with Gasteiger partial charge in [0, 0.05) is 12.8 Å². The quantitative estimate of drug-likeness (QED) is 0.775. The van der Waals surface area contributed by atoms with Gasteiger partial charge in [0.2, 0.25) is 0 Å². The van der Waals surface area contributed by atoms with Crippen LogP contribution in [0.15, 0.2) is 12.4 Å². The lowest BCUT2D eigenvalue weighted by Gasteiger charge is -2.08. The van der Waals surface area contributed by atoms with Crippen LogP contribution < -0.4 is 0 Å². The normalized spacial score (nSPS) is 21.3. The molecule has 1 aromatic heterocycles. The van der Waals surface area contributed by atoms with Crippen molar-refractivity contribution in [3.63, 3.8) is 0 Å². The largest absolute Gasteiger partial charge is 0.478 e. The number of aromatic carboxylic acids is 1. The first-order valence-corrected chi connectivity index (χ1v) is 4.63. The van der Waals surface area contributed by atoms with Gasteiger partial charge < -0.3 is 9.84 Å². The first-order valence-electron chi connectivity index (χ1n) is 4.63. The smallest absolute Gasteiger partial charge is 0.338 e. The van der Waals surface area contributed by atoms with Crippen LogP contribution in [0.2, 0.25) is 0 Å². The summed E-state index contributed by atoms with van der Waals surface area (Å²) in [6.45, 7) is 1.45. The van der Waals surface area contributed by atoms with E-state index in [9.17, 15) is 4.79 Å². The minimum atomic E-state index is -0.941. The van der Waals surface area contributed by atoms with Crippen molar-refractivity contribution in [2.45, 2.75) is 25.5 Å². The Hall–Kier alpha value is -1.36. The maximum Gasteiger partial charge on any atom is 0.338 e. The van der Waals surface area contributed by atoms with E-state index in [0.717, 1.165) is 19.4 Å². The highest BCUT2D eigenvalue weighted by molar-refractivity contribution is 5.86. The molecule has 5 heteroatoms. The Labute approximate surface area is 81.3 Å². The molecule has 1 atom stereocenters. The van der Waals surface area contributed by atoms with Crippen molar-refractivity contribution in [1.82, 2.24) is 9.78 Å². The van der Waals surface area contributed by atoms with E-state index in [1.807, 2.05) is 0 Å². The molecule has 2 rings (SSSR count). The van der Waals surface area contributed by atoms with Crippen LogP contribution in [0.4, 0.5) is 0 Å². The average molecular weight is 196 g/mol. The first-order chi connectivity index (χ1) is 6.75. The molecule has 5 nitrogen and oxygen atoms in total. The van der Waals surface area contributed by atoms with Crippen LogP contribution >= 0.6 is 0 Å². The highest BCUT2D eigenvalue weighted by atomic mass is 16.5. The second-order valence-corrected chi connectivity index (χ2v) is 3.39. The molecule has 0 spiro atoms. The maximum absolute atomic E-state index is 10.6. The van der Waals surface area contributed by atoms with Gasteiger partial charge >= 0.3 is 5.97 Å². The summed E-state index contributed by atoms with van der Waals surface area (Å²) >= 11 is 0. The maximum atomic E-state index is 10.6. The minimum absolute atomic E-state index is 0.191. The number of nitrogens with zero attached hydrogens (tertiary/aromatic N) is 2. The minimum Gasteiger partial charge on any atom is -0.478 e. The monoisotopic (exact) mass is 196 g/mol. The third-order valence-electron chi connectivity index (χ3n) is 2.29. The summed E-state index contributed by atoms with van der Waals surface area (Å²) in [6, 6.07) is 0. The van der Waals surface area contributed by atoms with Crippen LogP contribution in [0, 0.1) is 0 Å². The van der Waals surface area contributed by atoms with Gasteiger partial charge in [-0.05, 0) is 12.8 Å². The lowest BCUT2D eigenvalue weighted by molar-refractivity contribution is 0.0695. The molecule has 1 N–H and O–H groups in total. The molecule has 0 bridgehead atoms. The van der Waals surface area contributed by atoms with Crippen molar-refractivity contribution in [2.24, 2.45) is 0 Å². The number of rotatable bonds is 3. The molecule has 0 amide bonds. The highest BCUT2D eigenvalue weighted by Crippen LogP contribution is 2.13. The number of hydrogen-bond donors (Lipinski definition) is 1. The molecule has 0 radical (unpaired) electrons. The average Bonchev–Trinajstić information content (AvgIpc) is 2.75. The van der Waals surface area contributed by atoms with E-state index >= 15 is 0 Å². The van der Waals surface area contributed by atoms with Gasteiger partial charge in [-0.2, -0.15) is 5.10 Å². The summed E-state index contributed by atoms with van der Waals surface area (Å²) in [7, 11) is 0. The van der Waals surface area contributed by atoms with E-state index in [4.69, 9.17) is 9.84 Å². The first kappa shape index (κ1) is 9.21. The van der Waals surface area contributed by atoms with E-state index in [0.29, 0.717) is 6.54 Å². The molecule has 76 valence electrons. The predicted octanol–water partition coefficient (Wildman–Crippen LogP) is 0.760. The Morgan fingerprint density at radius 2 is 2.64 bits per heavy atom. The van der Waals surface area contributed by atoms with E-state index in [1.165, 1.54) is 12.4 Å². The fourth-order valence-electron chi connectivity index (χ4n) is 1.57. The summed E-state index contributed by atoms with van der Waals surface area (Å²) in [5.41, 5.74) is 0.225. The molecule has 1 aliphatic rings. The standard InChI is InChI=1S/C9H12N2O3/c12-9(13)7-4-10-11(5-7)6-8-2-1-3-14-8/h4-5,8H,1-3,6H2,(H,12,13)/t8-/m0/s1. The predicted molar refractivity (Wildman–Crippen MR) is 48.2 cm³/mol. The Morgan fingerprint density at radius 1 is 1.79 bits per heavy atom. The second-order valence-electron chi connectivity index (χ2n) is 3.39. The fraction of sp³-hybridized carbons (Fsp3) is 0.556. The summed E-state index contributed by atoms with van der Waals surface area (Å²) < 4.78 is 7.04. The van der Waals surface area contributed by atoms with Gasteiger partial charge in [-0.1, -0.05) is 0 Å². The highest BCUT2D eigenvalue weighted by Gasteiger charge is 2.16. The summed E-state index contributed by atoms with van der Waals surface area (Å²) in [4.78, 5) is 10.6. The Kier molecular flexibility index (Phi) is 2.49. The van der Waals surface area contributed by atoms with Crippen molar-refractivity contribution in [1.29, 1.82) is 0 Å². The molecule has 1 saturated heterocycles. The molecule has 1 aromatic rings. The number of carboxylic acid groups (broad SMARTS) is 1. The van der Waals surface area contributed by atoms with Crippen molar-refractivity contribution >= 4 is 5.97 Å².